The molecule has 120 valence electrons. The molecule has 0 radical (unpaired) electrons. The Hall–Kier alpha value is -3.09. The van der Waals surface area contributed by atoms with Crippen LogP contribution >= 0.6 is 0 Å². The van der Waals surface area contributed by atoms with Crippen molar-refractivity contribution in [2.24, 2.45) is 0 Å². The van der Waals surface area contributed by atoms with Crippen LogP contribution in [0.4, 0.5) is 11.4 Å². The van der Waals surface area contributed by atoms with E-state index in [1.807, 2.05) is 0 Å². The Bertz CT molecular complexity index is 700. The normalized spacial score (nSPS) is 11.4. The predicted octanol–water partition coefficient (Wildman–Crippen LogP) is 3.01. The van der Waals surface area contributed by atoms with E-state index in [4.69, 9.17) is 9.47 Å². The van der Waals surface area contributed by atoms with Gasteiger partial charge in [0.25, 0.3) is 11.6 Å². The topological polar surface area (TPSA) is 90.7 Å². The van der Waals surface area contributed by atoms with Gasteiger partial charge in [-0.05, 0) is 37.3 Å². The number of nitrogens with zero attached hydrogens (tertiary/aromatic N) is 1. The third-order valence-electron chi connectivity index (χ3n) is 3.10. The van der Waals surface area contributed by atoms with Crippen LogP contribution in [0.25, 0.3) is 0 Å². The van der Waals surface area contributed by atoms with Crippen LogP contribution < -0.4 is 14.8 Å². The highest BCUT2D eigenvalue weighted by molar-refractivity contribution is 5.96. The fourth-order valence-electron chi connectivity index (χ4n) is 1.88. The number of hydrogen-bond acceptors (Lipinski definition) is 5. The first-order chi connectivity index (χ1) is 11.0. The van der Waals surface area contributed by atoms with Crippen LogP contribution in [0, 0.1) is 10.1 Å². The fraction of sp³-hybridized carbons (Fsp3) is 0.188. The highest BCUT2D eigenvalue weighted by atomic mass is 16.6. The molecule has 0 saturated carbocycles. The minimum Gasteiger partial charge on any atom is -0.497 e. The van der Waals surface area contributed by atoms with E-state index in [2.05, 4.69) is 5.32 Å². The van der Waals surface area contributed by atoms with Gasteiger partial charge in [0.15, 0.2) is 6.10 Å². The van der Waals surface area contributed by atoms with Gasteiger partial charge in [0.2, 0.25) is 0 Å². The van der Waals surface area contributed by atoms with Crippen molar-refractivity contribution >= 4 is 17.3 Å². The number of nitro groups is 1. The van der Waals surface area contributed by atoms with Gasteiger partial charge >= 0.3 is 0 Å². The van der Waals surface area contributed by atoms with Crippen molar-refractivity contribution < 1.29 is 19.2 Å². The average molecular weight is 316 g/mol. The molecule has 0 aliphatic rings. The summed E-state index contributed by atoms with van der Waals surface area (Å²) < 4.78 is 10.5. The van der Waals surface area contributed by atoms with Crippen molar-refractivity contribution in [1.29, 1.82) is 0 Å². The van der Waals surface area contributed by atoms with Gasteiger partial charge in [0, 0.05) is 6.07 Å². The van der Waals surface area contributed by atoms with Crippen LogP contribution in [0.15, 0.2) is 48.5 Å². The van der Waals surface area contributed by atoms with Gasteiger partial charge < -0.3 is 14.8 Å². The molecule has 1 atom stereocenters. The molecule has 0 spiro atoms. The Morgan fingerprint density at radius 2 is 1.74 bits per heavy atom. The Balaban J connectivity index is 2.04. The number of nitrogens with one attached hydrogen (secondary N) is 1. The van der Waals surface area contributed by atoms with Crippen LogP contribution in [0.2, 0.25) is 0 Å². The molecule has 1 unspecified atom stereocenters. The number of anilines is 1. The summed E-state index contributed by atoms with van der Waals surface area (Å²) in [6, 6.07) is 12.7. The van der Waals surface area contributed by atoms with Crippen LogP contribution in [0.5, 0.6) is 11.5 Å². The molecule has 2 rings (SSSR count). The molecule has 7 nitrogen and oxygen atoms in total. The number of carbonyl (C=O) groups excluding carboxylic acids is 1. The number of para-hydroxylation sites is 2. The number of amides is 1. The molecule has 0 bridgehead atoms. The maximum absolute atomic E-state index is 12.1. The third-order valence-corrected chi connectivity index (χ3v) is 3.10. The fourth-order valence-corrected chi connectivity index (χ4v) is 1.88. The van der Waals surface area contributed by atoms with Crippen molar-refractivity contribution in [1.82, 2.24) is 0 Å². The predicted molar refractivity (Wildman–Crippen MR) is 84.8 cm³/mol. The number of methoxy groups -OCH3 is 1. The highest BCUT2D eigenvalue weighted by Crippen LogP contribution is 2.24. The second-order valence-corrected chi connectivity index (χ2v) is 4.70. The lowest BCUT2D eigenvalue weighted by atomic mass is 10.2. The van der Waals surface area contributed by atoms with Crippen LogP contribution in [-0.2, 0) is 4.79 Å². The van der Waals surface area contributed by atoms with Gasteiger partial charge in [0.05, 0.1) is 12.0 Å². The molecule has 1 N–H and O–H groups in total. The molecule has 23 heavy (non-hydrogen) atoms. The third kappa shape index (κ3) is 4.19. The summed E-state index contributed by atoms with van der Waals surface area (Å²) in [5.74, 6) is 0.695. The summed E-state index contributed by atoms with van der Waals surface area (Å²) in [6.45, 7) is 1.56. The van der Waals surface area contributed by atoms with Gasteiger partial charge in [-0.3, -0.25) is 14.9 Å². The maximum Gasteiger partial charge on any atom is 0.292 e. The number of benzene rings is 2. The summed E-state index contributed by atoms with van der Waals surface area (Å²) in [7, 11) is 1.55. The zero-order chi connectivity index (χ0) is 16.8. The molecule has 2 aromatic rings. The molecule has 1 amide bonds. The number of rotatable bonds is 6. The Morgan fingerprint density at radius 3 is 2.35 bits per heavy atom. The standard InChI is InChI=1S/C16H16N2O5/c1-11(23-13-9-7-12(22-2)8-10-13)16(19)17-14-5-3-4-6-15(14)18(20)21/h3-11H,1-2H3,(H,17,19). The van der Waals surface area contributed by atoms with E-state index in [0.29, 0.717) is 11.5 Å². The average Bonchev–Trinajstić information content (AvgIpc) is 2.55. The Kier molecular flexibility index (Phi) is 5.14. The van der Waals surface area contributed by atoms with Crippen molar-refractivity contribution in [3.05, 3.63) is 58.6 Å². The molecule has 2 aromatic carbocycles. The lowest BCUT2D eigenvalue weighted by Crippen LogP contribution is -2.30. The molecule has 7 heteroatoms. The Labute approximate surface area is 133 Å². The van der Waals surface area contributed by atoms with Crippen molar-refractivity contribution in [2.45, 2.75) is 13.0 Å². The molecular formula is C16H16N2O5. The number of ether oxygens (including phenoxy) is 2. The van der Waals surface area contributed by atoms with E-state index >= 15 is 0 Å². The van der Waals surface area contributed by atoms with Crippen LogP contribution in [-0.4, -0.2) is 24.0 Å². The monoisotopic (exact) mass is 316 g/mol. The van der Waals surface area contributed by atoms with Crippen molar-refractivity contribution in [3.8, 4) is 11.5 Å². The van der Waals surface area contributed by atoms with E-state index in [1.54, 1.807) is 44.4 Å². The van der Waals surface area contributed by atoms with E-state index in [0.717, 1.165) is 0 Å². The summed E-state index contributed by atoms with van der Waals surface area (Å²) in [5.41, 5.74) is -0.0369. The van der Waals surface area contributed by atoms with Gasteiger partial charge in [-0.15, -0.1) is 0 Å². The van der Waals surface area contributed by atoms with Crippen LogP contribution in [0.3, 0.4) is 0 Å². The first kappa shape index (κ1) is 16.3. The smallest absolute Gasteiger partial charge is 0.292 e. The van der Waals surface area contributed by atoms with Gasteiger partial charge in [-0.1, -0.05) is 12.1 Å². The summed E-state index contributed by atoms with van der Waals surface area (Å²) in [5, 5.41) is 13.4. The van der Waals surface area contributed by atoms with E-state index < -0.39 is 16.9 Å². The summed E-state index contributed by atoms with van der Waals surface area (Å²) in [6.07, 6.45) is -0.816. The number of nitro benzene ring substituents is 1. The first-order valence-electron chi connectivity index (χ1n) is 6.86. The molecule has 0 aromatic heterocycles. The zero-order valence-corrected chi connectivity index (χ0v) is 12.7. The molecule has 0 heterocycles. The van der Waals surface area contributed by atoms with E-state index in [-0.39, 0.29) is 11.4 Å². The number of hydrogen-bond donors (Lipinski definition) is 1. The lowest BCUT2D eigenvalue weighted by molar-refractivity contribution is -0.383. The highest BCUT2D eigenvalue weighted by Gasteiger charge is 2.19. The second kappa shape index (κ2) is 7.26. The summed E-state index contributed by atoms with van der Waals surface area (Å²) >= 11 is 0. The molecule has 0 aliphatic carbocycles. The lowest BCUT2D eigenvalue weighted by Gasteiger charge is -2.15. The minimum absolute atomic E-state index is 0.132. The van der Waals surface area contributed by atoms with Crippen LogP contribution in [0.1, 0.15) is 6.92 Å². The van der Waals surface area contributed by atoms with Crippen molar-refractivity contribution in [3.63, 3.8) is 0 Å². The molecule has 0 saturated heterocycles. The molecular weight excluding hydrogens is 300 g/mol. The SMILES string of the molecule is COc1ccc(OC(C)C(=O)Nc2ccccc2[N+](=O)[O-])cc1. The quantitative estimate of drug-likeness (QED) is 0.653. The molecule has 0 aliphatic heterocycles. The van der Waals surface area contributed by atoms with E-state index in [9.17, 15) is 14.9 Å². The summed E-state index contributed by atoms with van der Waals surface area (Å²) in [4.78, 5) is 22.5. The Morgan fingerprint density at radius 1 is 1.13 bits per heavy atom. The van der Waals surface area contributed by atoms with Gasteiger partial charge in [-0.25, -0.2) is 0 Å². The second-order valence-electron chi connectivity index (χ2n) is 4.70. The molecule has 0 fully saturated rings. The number of carbonyl (C=O) groups is 1. The maximum atomic E-state index is 12.1. The minimum atomic E-state index is -0.816. The van der Waals surface area contributed by atoms with Gasteiger partial charge in [0.1, 0.15) is 17.2 Å². The van der Waals surface area contributed by atoms with Gasteiger partial charge in [-0.2, -0.15) is 0 Å². The largest absolute Gasteiger partial charge is 0.497 e. The first-order valence-corrected chi connectivity index (χ1v) is 6.86. The van der Waals surface area contributed by atoms with Crippen molar-refractivity contribution in [2.75, 3.05) is 12.4 Å². The zero-order valence-electron chi connectivity index (χ0n) is 12.7. The van der Waals surface area contributed by atoms with E-state index in [1.165, 1.54) is 18.2 Å².